The first-order valence-electron chi connectivity index (χ1n) is 6.16. The van der Waals surface area contributed by atoms with Gasteiger partial charge in [0.05, 0.1) is 0 Å². The molecule has 0 aromatic carbocycles. The van der Waals surface area contributed by atoms with Crippen LogP contribution in [-0.2, 0) is 0 Å². The van der Waals surface area contributed by atoms with E-state index in [1.807, 2.05) is 0 Å². The van der Waals surface area contributed by atoms with Crippen molar-refractivity contribution < 1.29 is 0 Å². The molecule has 13 heavy (non-hydrogen) atoms. The van der Waals surface area contributed by atoms with Gasteiger partial charge in [-0.05, 0) is 47.8 Å². The van der Waals surface area contributed by atoms with E-state index in [9.17, 15) is 0 Å². The number of hydrogen-bond donors (Lipinski definition) is 0. The van der Waals surface area contributed by atoms with E-state index < -0.39 is 0 Å². The highest BCUT2D eigenvalue weighted by Crippen LogP contribution is 2.73. The van der Waals surface area contributed by atoms with Gasteiger partial charge in [-0.1, -0.05) is 33.6 Å². The van der Waals surface area contributed by atoms with E-state index in [4.69, 9.17) is 0 Å². The minimum absolute atomic E-state index is 0.750. The summed E-state index contributed by atoms with van der Waals surface area (Å²) >= 11 is 0. The molecule has 0 spiro atoms. The van der Waals surface area contributed by atoms with Crippen LogP contribution in [0.25, 0.3) is 0 Å². The van der Waals surface area contributed by atoms with E-state index in [-0.39, 0.29) is 0 Å². The second-order valence-corrected chi connectivity index (χ2v) is 6.16. The summed E-state index contributed by atoms with van der Waals surface area (Å²) in [6.45, 7) is 7.60. The van der Waals surface area contributed by atoms with Crippen molar-refractivity contribution in [2.75, 3.05) is 0 Å². The van der Waals surface area contributed by atoms with Gasteiger partial charge in [0.15, 0.2) is 0 Å². The highest BCUT2D eigenvalue weighted by molar-refractivity contribution is 5.15. The molecule has 74 valence electrons. The van der Waals surface area contributed by atoms with E-state index in [1.54, 1.807) is 6.42 Å². The van der Waals surface area contributed by atoms with Gasteiger partial charge >= 0.3 is 0 Å². The first kappa shape index (κ1) is 8.32. The van der Waals surface area contributed by atoms with Gasteiger partial charge in [0, 0.05) is 0 Å². The predicted octanol–water partition coefficient (Wildman–Crippen LogP) is 3.71. The Balaban J connectivity index is 1.92. The smallest absolute Gasteiger partial charge is 0.0266 e. The van der Waals surface area contributed by atoms with Crippen LogP contribution in [0.15, 0.2) is 0 Å². The molecule has 3 rings (SSSR count). The molecule has 3 fully saturated rings. The van der Waals surface area contributed by atoms with Crippen molar-refractivity contribution in [1.82, 2.24) is 0 Å². The fourth-order valence-electron chi connectivity index (χ4n) is 4.97. The highest BCUT2D eigenvalue weighted by atomic mass is 14.7. The van der Waals surface area contributed by atoms with Crippen LogP contribution in [0.5, 0.6) is 0 Å². The molecule has 6 unspecified atom stereocenters. The lowest BCUT2D eigenvalue weighted by Crippen LogP contribution is -2.34. The van der Waals surface area contributed by atoms with Crippen molar-refractivity contribution >= 4 is 0 Å². The molecule has 6 atom stereocenters. The maximum absolute atomic E-state index is 2.58. The van der Waals surface area contributed by atoms with Gasteiger partial charge in [0.1, 0.15) is 0 Å². The second kappa shape index (κ2) is 2.32. The van der Waals surface area contributed by atoms with Crippen molar-refractivity contribution in [3.05, 3.63) is 0 Å². The van der Waals surface area contributed by atoms with Gasteiger partial charge in [-0.15, -0.1) is 0 Å². The summed E-state index contributed by atoms with van der Waals surface area (Å²) in [6.07, 6.45) is 6.10. The maximum Gasteiger partial charge on any atom is -0.0266 e. The van der Waals surface area contributed by atoms with Crippen molar-refractivity contribution in [2.45, 2.75) is 46.5 Å². The van der Waals surface area contributed by atoms with Crippen LogP contribution in [0.4, 0.5) is 0 Å². The second-order valence-electron chi connectivity index (χ2n) is 6.16. The molecule has 0 bridgehead atoms. The van der Waals surface area contributed by atoms with Crippen LogP contribution in [-0.4, -0.2) is 0 Å². The fraction of sp³-hybridized carbons (Fsp3) is 1.00. The molecule has 0 saturated heterocycles. The average Bonchev–Trinajstić information content (AvgIpc) is 2.68. The van der Waals surface area contributed by atoms with Crippen LogP contribution >= 0.6 is 0 Å². The third-order valence-corrected chi connectivity index (χ3v) is 5.93. The third-order valence-electron chi connectivity index (χ3n) is 5.93. The Labute approximate surface area is 82.1 Å². The lowest BCUT2D eigenvalue weighted by Gasteiger charge is -2.43. The molecule has 3 saturated carbocycles. The summed E-state index contributed by atoms with van der Waals surface area (Å²) in [4.78, 5) is 0. The SMILES string of the molecule is CC1C2C1C1CCCCC1(C)C2C. The summed E-state index contributed by atoms with van der Waals surface area (Å²) in [5.41, 5.74) is 0.750. The Bertz CT molecular complexity index is 232. The van der Waals surface area contributed by atoms with Gasteiger partial charge in [-0.2, -0.15) is 0 Å². The van der Waals surface area contributed by atoms with E-state index >= 15 is 0 Å². The van der Waals surface area contributed by atoms with Crippen LogP contribution in [0.1, 0.15) is 46.5 Å². The lowest BCUT2D eigenvalue weighted by atomic mass is 9.62. The van der Waals surface area contributed by atoms with Gasteiger partial charge in [0.2, 0.25) is 0 Å². The zero-order valence-electron chi connectivity index (χ0n) is 9.22. The molecular weight excluding hydrogens is 156 g/mol. The molecule has 3 aliphatic carbocycles. The van der Waals surface area contributed by atoms with Gasteiger partial charge in [0.25, 0.3) is 0 Å². The van der Waals surface area contributed by atoms with Gasteiger partial charge in [-0.25, -0.2) is 0 Å². The highest BCUT2D eigenvalue weighted by Gasteiger charge is 2.67. The standard InChI is InChI=1S/C13H22/c1-8-11-9(2)13(3)7-5-4-6-10(13)12(8)11/h8-12H,4-7H2,1-3H3. The minimum Gasteiger partial charge on any atom is -0.0619 e. The van der Waals surface area contributed by atoms with Crippen molar-refractivity contribution in [3.63, 3.8) is 0 Å². The van der Waals surface area contributed by atoms with Crippen molar-refractivity contribution in [1.29, 1.82) is 0 Å². The molecule has 0 aromatic heterocycles. The molecule has 0 amide bonds. The number of hydrogen-bond acceptors (Lipinski definition) is 0. The Morgan fingerprint density at radius 1 is 1.08 bits per heavy atom. The molecule has 0 aliphatic heterocycles. The average molecular weight is 178 g/mol. The zero-order chi connectivity index (χ0) is 9.22. The van der Waals surface area contributed by atoms with E-state index in [0.29, 0.717) is 0 Å². The fourth-order valence-corrected chi connectivity index (χ4v) is 4.97. The quantitative estimate of drug-likeness (QED) is 0.530. The molecule has 0 nitrogen and oxygen atoms in total. The largest absolute Gasteiger partial charge is 0.0619 e. The zero-order valence-corrected chi connectivity index (χ0v) is 9.22. The summed E-state index contributed by atoms with van der Waals surface area (Å²) in [5.74, 6) is 5.47. The molecule has 0 aromatic rings. The molecular formula is C13H22. The lowest BCUT2D eigenvalue weighted by molar-refractivity contribution is 0.0671. The van der Waals surface area contributed by atoms with Crippen LogP contribution < -0.4 is 0 Å². The molecule has 0 N–H and O–H groups in total. The number of rotatable bonds is 0. The van der Waals surface area contributed by atoms with Crippen LogP contribution in [0.2, 0.25) is 0 Å². The molecule has 3 aliphatic rings. The van der Waals surface area contributed by atoms with Gasteiger partial charge in [-0.3, -0.25) is 0 Å². The predicted molar refractivity (Wildman–Crippen MR) is 55.4 cm³/mol. The van der Waals surface area contributed by atoms with Gasteiger partial charge < -0.3 is 0 Å². The van der Waals surface area contributed by atoms with Crippen molar-refractivity contribution in [3.8, 4) is 0 Å². The first-order chi connectivity index (χ1) is 6.16. The summed E-state index contributed by atoms with van der Waals surface area (Å²) in [7, 11) is 0. The maximum atomic E-state index is 2.58. The van der Waals surface area contributed by atoms with Crippen LogP contribution in [0, 0.1) is 35.0 Å². The molecule has 0 radical (unpaired) electrons. The Morgan fingerprint density at radius 2 is 1.85 bits per heavy atom. The summed E-state index contributed by atoms with van der Waals surface area (Å²) in [6, 6.07) is 0. The van der Waals surface area contributed by atoms with E-state index in [0.717, 1.165) is 35.0 Å². The Morgan fingerprint density at radius 3 is 2.62 bits per heavy atom. The molecule has 0 heteroatoms. The van der Waals surface area contributed by atoms with E-state index in [2.05, 4.69) is 20.8 Å². The summed E-state index contributed by atoms with van der Waals surface area (Å²) < 4.78 is 0. The van der Waals surface area contributed by atoms with Crippen molar-refractivity contribution in [2.24, 2.45) is 35.0 Å². The monoisotopic (exact) mass is 178 g/mol. The van der Waals surface area contributed by atoms with Crippen LogP contribution in [0.3, 0.4) is 0 Å². The first-order valence-corrected chi connectivity index (χ1v) is 6.16. The third kappa shape index (κ3) is 0.831. The Hall–Kier alpha value is 0. The number of fused-ring (bicyclic) bond motifs is 3. The normalized spacial score (nSPS) is 64.4. The molecule has 0 heterocycles. The Kier molecular flexibility index (Phi) is 1.49. The topological polar surface area (TPSA) is 0 Å². The minimum atomic E-state index is 0.750. The van der Waals surface area contributed by atoms with E-state index in [1.165, 1.54) is 19.3 Å². The summed E-state index contributed by atoms with van der Waals surface area (Å²) in [5, 5.41) is 0.